The second-order valence-electron chi connectivity index (χ2n) is 4.89. The lowest BCUT2D eigenvalue weighted by atomic mass is 10.2. The van der Waals surface area contributed by atoms with Crippen LogP contribution in [0.25, 0.3) is 11.4 Å². The van der Waals surface area contributed by atoms with E-state index in [2.05, 4.69) is 15.3 Å². The Bertz CT molecular complexity index is 822. The van der Waals surface area contributed by atoms with Crippen molar-refractivity contribution in [2.45, 2.75) is 6.54 Å². The standard InChI is InChI=1S/C17H12Cl2FN3/c18-13-3-1-2-11(8-13)10-21-16-9-15(19)22-17(23-16)12-4-6-14(20)7-5-12/h1-9H,10H2,(H,21,22,23). The second kappa shape index (κ2) is 6.94. The first-order chi connectivity index (χ1) is 11.1. The van der Waals surface area contributed by atoms with Crippen LogP contribution in [0.2, 0.25) is 10.2 Å². The summed E-state index contributed by atoms with van der Waals surface area (Å²) in [5.41, 5.74) is 1.72. The molecule has 3 nitrogen and oxygen atoms in total. The number of benzene rings is 2. The summed E-state index contributed by atoms with van der Waals surface area (Å²) in [5, 5.41) is 4.17. The van der Waals surface area contributed by atoms with Crippen LogP contribution in [0.15, 0.2) is 54.6 Å². The van der Waals surface area contributed by atoms with Crippen LogP contribution in [0.4, 0.5) is 10.2 Å². The van der Waals surface area contributed by atoms with E-state index < -0.39 is 0 Å². The summed E-state index contributed by atoms with van der Waals surface area (Å²) in [7, 11) is 0. The number of nitrogens with one attached hydrogen (secondary N) is 1. The SMILES string of the molecule is Fc1ccc(-c2nc(Cl)cc(NCc3cccc(Cl)c3)n2)cc1. The number of aromatic nitrogens is 2. The van der Waals surface area contributed by atoms with Crippen molar-refractivity contribution >= 4 is 29.0 Å². The van der Waals surface area contributed by atoms with E-state index in [0.717, 1.165) is 5.56 Å². The molecular formula is C17H12Cl2FN3. The maximum Gasteiger partial charge on any atom is 0.163 e. The molecule has 6 heteroatoms. The molecule has 0 saturated carbocycles. The number of halogens is 3. The highest BCUT2D eigenvalue weighted by atomic mass is 35.5. The summed E-state index contributed by atoms with van der Waals surface area (Å²) < 4.78 is 13.0. The van der Waals surface area contributed by atoms with Crippen LogP contribution < -0.4 is 5.32 Å². The smallest absolute Gasteiger partial charge is 0.163 e. The lowest BCUT2D eigenvalue weighted by molar-refractivity contribution is 0.628. The fraction of sp³-hybridized carbons (Fsp3) is 0.0588. The average Bonchev–Trinajstić information content (AvgIpc) is 2.53. The molecule has 0 spiro atoms. The number of nitrogens with zero attached hydrogens (tertiary/aromatic N) is 2. The first-order valence-corrected chi connectivity index (χ1v) is 7.64. The lowest BCUT2D eigenvalue weighted by Gasteiger charge is -2.08. The molecule has 0 bridgehead atoms. The molecule has 0 atom stereocenters. The molecular weight excluding hydrogens is 336 g/mol. The van der Waals surface area contributed by atoms with Gasteiger partial charge in [-0.25, -0.2) is 14.4 Å². The van der Waals surface area contributed by atoms with Gasteiger partial charge in [-0.1, -0.05) is 35.3 Å². The summed E-state index contributed by atoms with van der Waals surface area (Å²) in [6.07, 6.45) is 0. The molecule has 0 radical (unpaired) electrons. The lowest BCUT2D eigenvalue weighted by Crippen LogP contribution is -2.03. The maximum atomic E-state index is 13.0. The van der Waals surface area contributed by atoms with E-state index in [9.17, 15) is 4.39 Å². The minimum atomic E-state index is -0.310. The molecule has 0 fully saturated rings. The van der Waals surface area contributed by atoms with Crippen LogP contribution >= 0.6 is 23.2 Å². The second-order valence-corrected chi connectivity index (χ2v) is 5.71. The van der Waals surface area contributed by atoms with Gasteiger partial charge >= 0.3 is 0 Å². The van der Waals surface area contributed by atoms with E-state index in [1.807, 2.05) is 24.3 Å². The molecule has 0 aliphatic rings. The zero-order chi connectivity index (χ0) is 16.2. The van der Waals surface area contributed by atoms with Gasteiger partial charge in [-0.2, -0.15) is 0 Å². The van der Waals surface area contributed by atoms with Crippen molar-refractivity contribution in [1.82, 2.24) is 9.97 Å². The molecule has 0 aliphatic carbocycles. The van der Waals surface area contributed by atoms with Crippen LogP contribution in [0, 0.1) is 5.82 Å². The largest absolute Gasteiger partial charge is 0.366 e. The third-order valence-electron chi connectivity index (χ3n) is 3.16. The minimum Gasteiger partial charge on any atom is -0.366 e. The highest BCUT2D eigenvalue weighted by Crippen LogP contribution is 2.21. The van der Waals surface area contributed by atoms with E-state index in [1.54, 1.807) is 18.2 Å². The summed E-state index contributed by atoms with van der Waals surface area (Å²) in [4.78, 5) is 8.58. The van der Waals surface area contributed by atoms with Gasteiger partial charge in [0.2, 0.25) is 0 Å². The average molecular weight is 348 g/mol. The predicted molar refractivity (Wildman–Crippen MR) is 91.2 cm³/mol. The van der Waals surface area contributed by atoms with Crippen molar-refractivity contribution in [2.75, 3.05) is 5.32 Å². The fourth-order valence-electron chi connectivity index (χ4n) is 2.08. The van der Waals surface area contributed by atoms with Crippen LogP contribution in [0.3, 0.4) is 0 Å². The summed E-state index contributed by atoms with van der Waals surface area (Å²) >= 11 is 12.0. The highest BCUT2D eigenvalue weighted by molar-refractivity contribution is 6.30. The molecule has 3 rings (SSSR count). The van der Waals surface area contributed by atoms with Crippen molar-refractivity contribution in [3.8, 4) is 11.4 Å². The van der Waals surface area contributed by atoms with Crippen LogP contribution in [0.1, 0.15) is 5.56 Å². The predicted octanol–water partition coefficient (Wildman–Crippen LogP) is 5.20. The molecule has 116 valence electrons. The maximum absolute atomic E-state index is 13.0. The Kier molecular flexibility index (Phi) is 4.74. The third kappa shape index (κ3) is 4.18. The topological polar surface area (TPSA) is 37.8 Å². The van der Waals surface area contributed by atoms with Crippen molar-refractivity contribution in [3.05, 3.63) is 76.2 Å². The monoisotopic (exact) mass is 347 g/mol. The van der Waals surface area contributed by atoms with Gasteiger partial charge in [0.05, 0.1) is 0 Å². The Hall–Kier alpha value is -2.17. The molecule has 3 aromatic rings. The summed E-state index contributed by atoms with van der Waals surface area (Å²) in [5.74, 6) is 0.713. The van der Waals surface area contributed by atoms with Gasteiger partial charge in [-0.3, -0.25) is 0 Å². The fourth-order valence-corrected chi connectivity index (χ4v) is 2.47. The number of hydrogen-bond acceptors (Lipinski definition) is 3. The van der Waals surface area contributed by atoms with E-state index >= 15 is 0 Å². The molecule has 1 heterocycles. The van der Waals surface area contributed by atoms with Gasteiger partial charge in [0.1, 0.15) is 16.8 Å². The van der Waals surface area contributed by atoms with Crippen LogP contribution in [0.5, 0.6) is 0 Å². The van der Waals surface area contributed by atoms with E-state index in [1.165, 1.54) is 12.1 Å². The van der Waals surface area contributed by atoms with Gasteiger partial charge in [0.25, 0.3) is 0 Å². The molecule has 1 aromatic heterocycles. The quantitative estimate of drug-likeness (QED) is 0.659. The summed E-state index contributed by atoms with van der Waals surface area (Å²) in [6.45, 7) is 0.552. The molecule has 1 N–H and O–H groups in total. The Morgan fingerprint density at radius 2 is 1.74 bits per heavy atom. The number of anilines is 1. The van der Waals surface area contributed by atoms with Gasteiger partial charge in [-0.05, 0) is 42.0 Å². The minimum absolute atomic E-state index is 0.310. The first-order valence-electron chi connectivity index (χ1n) is 6.89. The van der Waals surface area contributed by atoms with Gasteiger partial charge in [-0.15, -0.1) is 0 Å². The van der Waals surface area contributed by atoms with Crippen molar-refractivity contribution in [1.29, 1.82) is 0 Å². The molecule has 0 unspecified atom stereocenters. The molecule has 0 saturated heterocycles. The summed E-state index contributed by atoms with van der Waals surface area (Å²) in [6, 6.07) is 15.1. The van der Waals surface area contributed by atoms with Gasteiger partial charge in [0, 0.05) is 23.2 Å². The van der Waals surface area contributed by atoms with Crippen molar-refractivity contribution < 1.29 is 4.39 Å². The van der Waals surface area contributed by atoms with Gasteiger partial charge < -0.3 is 5.32 Å². The van der Waals surface area contributed by atoms with Crippen molar-refractivity contribution in [2.24, 2.45) is 0 Å². The molecule has 2 aromatic carbocycles. The zero-order valence-electron chi connectivity index (χ0n) is 11.9. The van der Waals surface area contributed by atoms with Crippen LogP contribution in [-0.4, -0.2) is 9.97 Å². The van der Waals surface area contributed by atoms with E-state index in [0.29, 0.717) is 33.9 Å². The first kappa shape index (κ1) is 15.7. The van der Waals surface area contributed by atoms with Crippen molar-refractivity contribution in [3.63, 3.8) is 0 Å². The van der Waals surface area contributed by atoms with E-state index in [-0.39, 0.29) is 5.82 Å². The Morgan fingerprint density at radius 3 is 2.48 bits per heavy atom. The third-order valence-corrected chi connectivity index (χ3v) is 3.59. The Morgan fingerprint density at radius 1 is 0.957 bits per heavy atom. The van der Waals surface area contributed by atoms with Crippen LogP contribution in [-0.2, 0) is 6.54 Å². The molecule has 0 aliphatic heterocycles. The normalized spacial score (nSPS) is 10.6. The van der Waals surface area contributed by atoms with Gasteiger partial charge in [0.15, 0.2) is 5.82 Å². The van der Waals surface area contributed by atoms with E-state index in [4.69, 9.17) is 23.2 Å². The molecule has 23 heavy (non-hydrogen) atoms. The Balaban J connectivity index is 1.81. The number of hydrogen-bond donors (Lipinski definition) is 1. The number of rotatable bonds is 4. The Labute approximate surface area is 143 Å². The highest BCUT2D eigenvalue weighted by Gasteiger charge is 2.06. The zero-order valence-corrected chi connectivity index (χ0v) is 13.4. The molecule has 0 amide bonds.